The first-order valence-corrected chi connectivity index (χ1v) is 11.3. The number of rotatable bonds is 9. The summed E-state index contributed by atoms with van der Waals surface area (Å²) in [6.45, 7) is 3.16. The van der Waals surface area contributed by atoms with Gasteiger partial charge in [0.15, 0.2) is 11.6 Å². The smallest absolute Gasteiger partial charge is 0.240 e. The van der Waals surface area contributed by atoms with E-state index in [0.717, 1.165) is 44.6 Å². The van der Waals surface area contributed by atoms with E-state index in [1.807, 2.05) is 6.07 Å². The van der Waals surface area contributed by atoms with E-state index in [1.54, 1.807) is 0 Å². The second-order valence-corrected chi connectivity index (χ2v) is 8.99. The summed E-state index contributed by atoms with van der Waals surface area (Å²) >= 11 is 0. The number of amides is 1. The predicted octanol–water partition coefficient (Wildman–Crippen LogP) is 2.20. The van der Waals surface area contributed by atoms with Crippen LogP contribution in [0.3, 0.4) is 0 Å². The maximum absolute atomic E-state index is 13.2. The van der Waals surface area contributed by atoms with Gasteiger partial charge < -0.3 is 5.32 Å². The number of halogens is 2. The largest absolute Gasteiger partial charge is 0.356 e. The van der Waals surface area contributed by atoms with Gasteiger partial charge in [0.1, 0.15) is 0 Å². The van der Waals surface area contributed by atoms with Gasteiger partial charge >= 0.3 is 0 Å². The Balaban J connectivity index is 1.33. The molecular formula is C21H25F2N3O3S. The molecule has 3 rings (SSSR count). The van der Waals surface area contributed by atoms with Gasteiger partial charge in [0.25, 0.3) is 0 Å². The zero-order valence-corrected chi connectivity index (χ0v) is 17.4. The molecule has 0 atom stereocenters. The lowest BCUT2D eigenvalue weighted by molar-refractivity contribution is -0.120. The summed E-state index contributed by atoms with van der Waals surface area (Å²) in [6.07, 6.45) is 1.79. The van der Waals surface area contributed by atoms with Crippen LogP contribution in [0.4, 0.5) is 8.78 Å². The van der Waals surface area contributed by atoms with Crippen molar-refractivity contribution in [2.45, 2.75) is 30.7 Å². The third kappa shape index (κ3) is 6.07. The Morgan fingerprint density at radius 2 is 1.80 bits per heavy atom. The molecule has 1 aliphatic heterocycles. The maximum Gasteiger partial charge on any atom is 0.240 e. The van der Waals surface area contributed by atoms with Crippen molar-refractivity contribution in [2.24, 2.45) is 0 Å². The van der Waals surface area contributed by atoms with Crippen LogP contribution in [0.2, 0.25) is 0 Å². The van der Waals surface area contributed by atoms with Crippen molar-refractivity contribution in [2.75, 3.05) is 26.2 Å². The van der Waals surface area contributed by atoms with E-state index in [0.29, 0.717) is 12.6 Å². The Morgan fingerprint density at radius 1 is 1.03 bits per heavy atom. The maximum atomic E-state index is 13.2. The molecule has 1 aliphatic rings. The lowest BCUT2D eigenvalue weighted by Crippen LogP contribution is -2.34. The highest BCUT2D eigenvalue weighted by molar-refractivity contribution is 7.89. The van der Waals surface area contributed by atoms with E-state index >= 15 is 0 Å². The Bertz CT molecular complexity index is 999. The summed E-state index contributed by atoms with van der Waals surface area (Å²) in [5.74, 6) is -2.64. The minimum Gasteiger partial charge on any atom is -0.356 e. The fourth-order valence-electron chi connectivity index (χ4n) is 3.39. The molecule has 0 fully saturated rings. The van der Waals surface area contributed by atoms with Crippen LogP contribution in [0.5, 0.6) is 0 Å². The van der Waals surface area contributed by atoms with Crippen LogP contribution in [0.1, 0.15) is 24.0 Å². The van der Waals surface area contributed by atoms with Gasteiger partial charge in [0.2, 0.25) is 15.9 Å². The van der Waals surface area contributed by atoms with Crippen molar-refractivity contribution in [3.63, 3.8) is 0 Å². The summed E-state index contributed by atoms with van der Waals surface area (Å²) in [6, 6.07) is 10.7. The quantitative estimate of drug-likeness (QED) is 0.590. The molecule has 162 valence electrons. The molecule has 30 heavy (non-hydrogen) atoms. The number of fused-ring (bicyclic) bond motifs is 1. The number of hydrogen-bond acceptors (Lipinski definition) is 4. The van der Waals surface area contributed by atoms with Crippen LogP contribution in [-0.4, -0.2) is 45.4 Å². The van der Waals surface area contributed by atoms with Crippen LogP contribution >= 0.6 is 0 Å². The molecule has 2 aromatic carbocycles. The van der Waals surface area contributed by atoms with E-state index in [-0.39, 0.29) is 23.8 Å². The topological polar surface area (TPSA) is 78.5 Å². The molecule has 0 saturated carbocycles. The molecule has 0 unspecified atom stereocenters. The van der Waals surface area contributed by atoms with Gasteiger partial charge in [-0.05, 0) is 42.2 Å². The zero-order chi connectivity index (χ0) is 21.6. The molecule has 0 saturated heterocycles. The standard InChI is InChI=1S/C21H25F2N3O3S/c22-19-7-6-18(14-20(19)23)30(28,29)25-11-8-21(27)24-10-3-12-26-13-9-16-4-1-2-5-17(16)15-26/h1-2,4-7,14,25H,3,8-13,15H2,(H,24,27). The van der Waals surface area contributed by atoms with Crippen molar-refractivity contribution in [1.82, 2.24) is 14.9 Å². The minimum absolute atomic E-state index is 0.0417. The molecule has 0 aliphatic carbocycles. The Morgan fingerprint density at radius 3 is 2.57 bits per heavy atom. The van der Waals surface area contributed by atoms with Crippen molar-refractivity contribution in [3.8, 4) is 0 Å². The number of sulfonamides is 1. The highest BCUT2D eigenvalue weighted by atomic mass is 32.2. The molecule has 6 nitrogen and oxygen atoms in total. The molecular weight excluding hydrogens is 412 g/mol. The Kier molecular flexibility index (Phi) is 7.52. The van der Waals surface area contributed by atoms with Crippen LogP contribution in [0.15, 0.2) is 47.4 Å². The molecule has 9 heteroatoms. The monoisotopic (exact) mass is 437 g/mol. The minimum atomic E-state index is -4.00. The number of hydrogen-bond donors (Lipinski definition) is 2. The molecule has 0 spiro atoms. The first kappa shape index (κ1) is 22.3. The second-order valence-electron chi connectivity index (χ2n) is 7.22. The summed E-state index contributed by atoms with van der Waals surface area (Å²) in [5.41, 5.74) is 2.74. The fraction of sp³-hybridized carbons (Fsp3) is 0.381. The highest BCUT2D eigenvalue weighted by Gasteiger charge is 2.17. The van der Waals surface area contributed by atoms with Crippen molar-refractivity contribution >= 4 is 15.9 Å². The van der Waals surface area contributed by atoms with Crippen molar-refractivity contribution < 1.29 is 22.0 Å². The molecule has 1 amide bonds. The zero-order valence-electron chi connectivity index (χ0n) is 16.5. The number of nitrogens with zero attached hydrogens (tertiary/aromatic N) is 1. The highest BCUT2D eigenvalue weighted by Crippen LogP contribution is 2.18. The lowest BCUT2D eigenvalue weighted by atomic mass is 10.00. The number of carbonyl (C=O) groups excluding carboxylic acids is 1. The van der Waals surface area contributed by atoms with Gasteiger partial charge in [-0.15, -0.1) is 0 Å². The van der Waals surface area contributed by atoms with Gasteiger partial charge in [0, 0.05) is 39.1 Å². The average Bonchev–Trinajstić information content (AvgIpc) is 2.73. The summed E-state index contributed by atoms with van der Waals surface area (Å²) in [5, 5.41) is 2.77. The predicted molar refractivity (Wildman–Crippen MR) is 109 cm³/mol. The third-order valence-electron chi connectivity index (χ3n) is 5.03. The molecule has 1 heterocycles. The first-order valence-electron chi connectivity index (χ1n) is 9.86. The van der Waals surface area contributed by atoms with Crippen LogP contribution in [-0.2, 0) is 27.8 Å². The normalized spacial score (nSPS) is 14.3. The first-order chi connectivity index (χ1) is 14.3. The van der Waals surface area contributed by atoms with Gasteiger partial charge in [-0.2, -0.15) is 0 Å². The Labute approximate surface area is 175 Å². The number of carbonyl (C=O) groups is 1. The van der Waals surface area contributed by atoms with Crippen LogP contribution in [0.25, 0.3) is 0 Å². The lowest BCUT2D eigenvalue weighted by Gasteiger charge is -2.28. The number of nitrogens with one attached hydrogen (secondary N) is 2. The van der Waals surface area contributed by atoms with Gasteiger partial charge in [-0.3, -0.25) is 9.69 Å². The summed E-state index contributed by atoms with van der Waals surface area (Å²) in [4.78, 5) is 13.9. The summed E-state index contributed by atoms with van der Waals surface area (Å²) in [7, 11) is -4.00. The third-order valence-corrected chi connectivity index (χ3v) is 6.49. The van der Waals surface area contributed by atoms with Gasteiger partial charge in [-0.1, -0.05) is 24.3 Å². The molecule has 0 radical (unpaired) electrons. The second kappa shape index (κ2) is 10.1. The SMILES string of the molecule is O=C(CCNS(=O)(=O)c1ccc(F)c(F)c1)NCCCN1CCc2ccccc2C1. The molecule has 0 bridgehead atoms. The van der Waals surface area contributed by atoms with Crippen molar-refractivity contribution in [1.29, 1.82) is 0 Å². The molecule has 2 N–H and O–H groups in total. The van der Waals surface area contributed by atoms with E-state index in [1.165, 1.54) is 11.1 Å². The molecule has 2 aromatic rings. The van der Waals surface area contributed by atoms with E-state index in [4.69, 9.17) is 0 Å². The molecule has 0 aromatic heterocycles. The Hall–Kier alpha value is -2.36. The van der Waals surface area contributed by atoms with Crippen LogP contribution in [0, 0.1) is 11.6 Å². The number of benzene rings is 2. The van der Waals surface area contributed by atoms with E-state index < -0.39 is 21.7 Å². The van der Waals surface area contributed by atoms with Gasteiger partial charge in [0.05, 0.1) is 4.90 Å². The average molecular weight is 438 g/mol. The fourth-order valence-corrected chi connectivity index (χ4v) is 4.43. The van der Waals surface area contributed by atoms with Gasteiger partial charge in [-0.25, -0.2) is 21.9 Å². The van der Waals surface area contributed by atoms with E-state index in [9.17, 15) is 22.0 Å². The van der Waals surface area contributed by atoms with Crippen LogP contribution < -0.4 is 10.0 Å². The van der Waals surface area contributed by atoms with Crippen molar-refractivity contribution in [3.05, 3.63) is 65.2 Å². The van der Waals surface area contributed by atoms with E-state index in [2.05, 4.69) is 33.1 Å². The summed E-state index contributed by atoms with van der Waals surface area (Å²) < 4.78 is 52.5.